The summed E-state index contributed by atoms with van der Waals surface area (Å²) >= 11 is 0. The Balaban J connectivity index is 1.48. The fourth-order valence-electron chi connectivity index (χ4n) is 4.26. The van der Waals surface area contributed by atoms with Gasteiger partial charge >= 0.3 is 5.97 Å². The molecule has 2 aromatic heterocycles. The molecular formula is C27H24N4O6S. The number of hydrogen-bond donors (Lipinski definition) is 4. The molecule has 2 heterocycles. The smallest absolute Gasteiger partial charge is 0.322 e. The number of para-hydroxylation sites is 1. The Morgan fingerprint density at radius 3 is 2.55 bits per heavy atom. The molecule has 0 aliphatic heterocycles. The van der Waals surface area contributed by atoms with Gasteiger partial charge in [0, 0.05) is 30.1 Å². The van der Waals surface area contributed by atoms with Gasteiger partial charge in [0.25, 0.3) is 5.91 Å². The molecule has 11 heteroatoms. The standard InChI is InChI=1S/C27H24N4O6S/c32-25(24-14-20-8-4-5-9-23(20)37-24)30-27(12-10-19(11-13-27)18-6-2-1-3-7-18)38(35,36)31-22(26(33)34)15-21-16-28-17-29-21/h1-12,14,16-17,22,31H,13,15H2,(H,28,29)(H,30,32)(H,33,34)/t22-,27?/m0/s1. The summed E-state index contributed by atoms with van der Waals surface area (Å²) in [5, 5.41) is 13.0. The molecule has 2 atom stereocenters. The molecular weight excluding hydrogens is 508 g/mol. The molecule has 1 aliphatic carbocycles. The lowest BCUT2D eigenvalue weighted by Gasteiger charge is -2.33. The molecule has 0 saturated carbocycles. The normalized spacial score (nSPS) is 18.2. The number of H-pyrrole nitrogens is 1. The van der Waals surface area contributed by atoms with Crippen LogP contribution in [0.3, 0.4) is 0 Å². The van der Waals surface area contributed by atoms with Gasteiger partial charge in [-0.2, -0.15) is 4.72 Å². The van der Waals surface area contributed by atoms with Gasteiger partial charge in [0.1, 0.15) is 11.6 Å². The van der Waals surface area contributed by atoms with Crippen molar-refractivity contribution in [2.45, 2.75) is 23.8 Å². The summed E-state index contributed by atoms with van der Waals surface area (Å²) < 4.78 is 35.5. The van der Waals surface area contributed by atoms with Crippen LogP contribution in [0.15, 0.2) is 95.8 Å². The first-order valence-electron chi connectivity index (χ1n) is 11.7. The average Bonchev–Trinajstić information content (AvgIpc) is 3.59. The average molecular weight is 533 g/mol. The molecule has 0 spiro atoms. The van der Waals surface area contributed by atoms with Crippen molar-refractivity contribution in [2.24, 2.45) is 0 Å². The van der Waals surface area contributed by atoms with E-state index in [1.165, 1.54) is 24.7 Å². The van der Waals surface area contributed by atoms with Crippen LogP contribution in [0.4, 0.5) is 0 Å². The molecule has 1 unspecified atom stereocenters. The Morgan fingerprint density at radius 1 is 1.13 bits per heavy atom. The number of sulfonamides is 1. The number of carbonyl (C=O) groups excluding carboxylic acids is 1. The molecule has 4 N–H and O–H groups in total. The number of nitrogens with zero attached hydrogens (tertiary/aromatic N) is 1. The third-order valence-electron chi connectivity index (χ3n) is 6.29. The highest BCUT2D eigenvalue weighted by molar-refractivity contribution is 7.91. The number of aliphatic carboxylic acids is 1. The summed E-state index contributed by atoms with van der Waals surface area (Å²) in [6.45, 7) is 0. The molecule has 1 aliphatic rings. The SMILES string of the molecule is O=C(NC1(S(=O)(=O)N[C@@H](Cc2cnc[nH]2)C(=O)O)C=CC(c2ccccc2)=CC1)c1cc2ccccc2o1. The maximum Gasteiger partial charge on any atom is 0.322 e. The number of imidazole rings is 1. The second kappa shape index (κ2) is 10.1. The number of carboxylic acid groups (broad SMARTS) is 1. The molecule has 0 saturated heterocycles. The minimum atomic E-state index is -4.50. The number of allylic oxidation sites excluding steroid dienone is 2. The number of aromatic nitrogens is 2. The first kappa shape index (κ1) is 25.2. The van der Waals surface area contributed by atoms with Gasteiger partial charge in [-0.3, -0.25) is 9.59 Å². The van der Waals surface area contributed by atoms with Gasteiger partial charge < -0.3 is 19.8 Å². The van der Waals surface area contributed by atoms with Crippen molar-refractivity contribution in [1.29, 1.82) is 0 Å². The van der Waals surface area contributed by atoms with Gasteiger partial charge in [-0.25, -0.2) is 13.4 Å². The van der Waals surface area contributed by atoms with Crippen molar-refractivity contribution < 1.29 is 27.5 Å². The van der Waals surface area contributed by atoms with Gasteiger partial charge in [-0.05, 0) is 29.3 Å². The second-order valence-electron chi connectivity index (χ2n) is 8.85. The zero-order valence-corrected chi connectivity index (χ0v) is 20.8. The Labute approximate surface area is 218 Å². The lowest BCUT2D eigenvalue weighted by molar-refractivity contribution is -0.138. The van der Waals surface area contributed by atoms with Crippen molar-refractivity contribution in [2.75, 3.05) is 0 Å². The van der Waals surface area contributed by atoms with Gasteiger partial charge in [-0.1, -0.05) is 60.7 Å². The highest BCUT2D eigenvalue weighted by Crippen LogP contribution is 2.31. The number of carbonyl (C=O) groups is 2. The second-order valence-corrected chi connectivity index (χ2v) is 10.8. The zero-order valence-electron chi connectivity index (χ0n) is 20.0. The first-order chi connectivity index (χ1) is 18.3. The number of hydrogen-bond acceptors (Lipinski definition) is 6. The number of rotatable bonds is 9. The summed E-state index contributed by atoms with van der Waals surface area (Å²) in [6, 6.07) is 16.4. The van der Waals surface area contributed by atoms with Crippen LogP contribution in [0.5, 0.6) is 0 Å². The van der Waals surface area contributed by atoms with Crippen LogP contribution in [-0.4, -0.2) is 46.3 Å². The van der Waals surface area contributed by atoms with Crippen LogP contribution in [0.1, 0.15) is 28.2 Å². The lowest BCUT2D eigenvalue weighted by Crippen LogP contribution is -2.60. The molecule has 194 valence electrons. The van der Waals surface area contributed by atoms with Crippen molar-refractivity contribution in [3.63, 3.8) is 0 Å². The number of aromatic amines is 1. The molecule has 1 amide bonds. The number of fused-ring (bicyclic) bond motifs is 1. The lowest BCUT2D eigenvalue weighted by atomic mass is 9.96. The third-order valence-corrected chi connectivity index (χ3v) is 8.25. The Hall–Kier alpha value is -4.48. The predicted octanol–water partition coefficient (Wildman–Crippen LogP) is 3.24. The number of furan rings is 1. The number of carboxylic acids is 1. The summed E-state index contributed by atoms with van der Waals surface area (Å²) in [5.41, 5.74) is 2.55. The van der Waals surface area contributed by atoms with E-state index in [0.29, 0.717) is 16.7 Å². The van der Waals surface area contributed by atoms with E-state index >= 15 is 0 Å². The minimum absolute atomic E-state index is 0.0701. The molecule has 4 aromatic rings. The number of nitrogens with one attached hydrogen (secondary N) is 3. The first-order valence-corrected chi connectivity index (χ1v) is 13.2. The Bertz CT molecular complexity index is 1610. The fraction of sp³-hybridized carbons (Fsp3) is 0.148. The molecule has 2 aromatic carbocycles. The summed E-state index contributed by atoms with van der Waals surface area (Å²) in [5.74, 6) is -2.20. The molecule has 0 fully saturated rings. The van der Waals surface area contributed by atoms with Gasteiger partial charge in [0.05, 0.1) is 6.33 Å². The van der Waals surface area contributed by atoms with Crippen molar-refractivity contribution in [3.05, 3.63) is 108 Å². The summed E-state index contributed by atoms with van der Waals surface area (Å²) in [6.07, 6.45) is 7.13. The topological polar surface area (TPSA) is 154 Å². The Kier molecular flexibility index (Phi) is 6.70. The van der Waals surface area contributed by atoms with E-state index in [-0.39, 0.29) is 18.6 Å². The maximum atomic E-state index is 13.8. The van der Waals surface area contributed by atoms with Crippen molar-refractivity contribution in [3.8, 4) is 0 Å². The van der Waals surface area contributed by atoms with E-state index in [0.717, 1.165) is 11.1 Å². The maximum absolute atomic E-state index is 13.8. The highest BCUT2D eigenvalue weighted by atomic mass is 32.2. The van der Waals surface area contributed by atoms with E-state index in [4.69, 9.17) is 4.42 Å². The van der Waals surface area contributed by atoms with E-state index in [2.05, 4.69) is 20.0 Å². The van der Waals surface area contributed by atoms with Gasteiger partial charge in [-0.15, -0.1) is 0 Å². The van der Waals surface area contributed by atoms with Crippen molar-refractivity contribution in [1.82, 2.24) is 20.0 Å². The van der Waals surface area contributed by atoms with Crippen LogP contribution in [0.25, 0.3) is 16.5 Å². The van der Waals surface area contributed by atoms with Crippen LogP contribution in [0, 0.1) is 0 Å². The van der Waals surface area contributed by atoms with E-state index in [9.17, 15) is 23.1 Å². The number of amides is 1. The van der Waals surface area contributed by atoms with Gasteiger partial charge in [0.15, 0.2) is 10.6 Å². The zero-order chi connectivity index (χ0) is 26.8. The van der Waals surface area contributed by atoms with Crippen LogP contribution in [0.2, 0.25) is 0 Å². The monoisotopic (exact) mass is 532 g/mol. The Morgan fingerprint density at radius 2 is 1.89 bits per heavy atom. The summed E-state index contributed by atoms with van der Waals surface area (Å²) in [4.78, 5) is 29.9. The highest BCUT2D eigenvalue weighted by Gasteiger charge is 2.46. The predicted molar refractivity (Wildman–Crippen MR) is 140 cm³/mol. The van der Waals surface area contributed by atoms with Crippen molar-refractivity contribution >= 4 is 38.4 Å². The fourth-order valence-corrected chi connectivity index (χ4v) is 5.81. The van der Waals surface area contributed by atoms with Crippen LogP contribution >= 0.6 is 0 Å². The number of benzene rings is 2. The largest absolute Gasteiger partial charge is 0.480 e. The van der Waals surface area contributed by atoms with Crippen LogP contribution < -0.4 is 10.0 Å². The van der Waals surface area contributed by atoms with E-state index in [1.54, 1.807) is 36.4 Å². The summed E-state index contributed by atoms with van der Waals surface area (Å²) in [7, 11) is -4.50. The quantitative estimate of drug-likeness (QED) is 0.258. The van der Waals surface area contributed by atoms with Gasteiger partial charge in [0.2, 0.25) is 10.0 Å². The van der Waals surface area contributed by atoms with Crippen LogP contribution in [-0.2, 0) is 21.2 Å². The molecule has 10 nitrogen and oxygen atoms in total. The van der Waals surface area contributed by atoms with E-state index < -0.39 is 32.8 Å². The molecule has 0 radical (unpaired) electrons. The van der Waals surface area contributed by atoms with E-state index in [1.807, 2.05) is 30.3 Å². The minimum Gasteiger partial charge on any atom is -0.480 e. The molecule has 0 bridgehead atoms. The molecule has 38 heavy (non-hydrogen) atoms. The third kappa shape index (κ3) is 5.01. The molecule has 5 rings (SSSR count).